The Hall–Kier alpha value is -0.120. The molecule has 0 aliphatic carbocycles. The summed E-state index contributed by atoms with van der Waals surface area (Å²) >= 11 is 0. The van der Waals surface area contributed by atoms with Crippen molar-refractivity contribution in [2.45, 2.75) is 24.5 Å². The van der Waals surface area contributed by atoms with Crippen LogP contribution in [0.5, 0.6) is 0 Å². The highest BCUT2D eigenvalue weighted by atomic mass is 16.3. The first kappa shape index (κ1) is 7.53. The number of nitrogens with one attached hydrogen (secondary N) is 1. The number of hydrogen-bond acceptors (Lipinski definition) is 3. The van der Waals surface area contributed by atoms with Crippen LogP contribution in [0.2, 0.25) is 0 Å². The fourth-order valence-electron chi connectivity index (χ4n) is 2.36. The predicted molar refractivity (Wildman–Crippen MR) is 43.5 cm³/mol. The van der Waals surface area contributed by atoms with Gasteiger partial charge in [0.2, 0.25) is 0 Å². The molecule has 0 aromatic rings. The van der Waals surface area contributed by atoms with Gasteiger partial charge >= 0.3 is 0 Å². The zero-order valence-corrected chi connectivity index (χ0v) is 7.01. The maximum atomic E-state index is 9.44. The number of likely N-dealkylation sites (N-methyl/N-ethyl adjacent to an activating group) is 1. The van der Waals surface area contributed by atoms with E-state index in [2.05, 4.69) is 17.3 Å². The Morgan fingerprint density at radius 2 is 2.27 bits per heavy atom. The van der Waals surface area contributed by atoms with Crippen LogP contribution in [0.15, 0.2) is 0 Å². The molecule has 1 spiro atoms. The van der Waals surface area contributed by atoms with Crippen LogP contribution in [-0.4, -0.2) is 48.3 Å². The summed E-state index contributed by atoms with van der Waals surface area (Å²) in [4.78, 5) is 2.28. The third-order valence-electron chi connectivity index (χ3n) is 2.75. The lowest BCUT2D eigenvalue weighted by molar-refractivity contribution is -0.00893. The summed E-state index contributed by atoms with van der Waals surface area (Å²) in [6.45, 7) is 3.18. The minimum absolute atomic E-state index is 0.0649. The molecule has 0 unspecified atom stereocenters. The van der Waals surface area contributed by atoms with Gasteiger partial charge in [-0.15, -0.1) is 0 Å². The first-order chi connectivity index (χ1) is 5.20. The second-order valence-electron chi connectivity index (χ2n) is 4.03. The van der Waals surface area contributed by atoms with Gasteiger partial charge in [-0.25, -0.2) is 0 Å². The molecule has 2 N–H and O–H groups in total. The summed E-state index contributed by atoms with van der Waals surface area (Å²) in [7, 11) is 2.12. The van der Waals surface area contributed by atoms with E-state index in [1.165, 1.54) is 0 Å². The monoisotopic (exact) mass is 156 g/mol. The van der Waals surface area contributed by atoms with Crippen molar-refractivity contribution in [1.82, 2.24) is 10.2 Å². The number of aliphatic hydroxyl groups excluding tert-OH is 1. The lowest BCUT2D eigenvalue weighted by Gasteiger charge is -2.52. The number of rotatable bonds is 0. The van der Waals surface area contributed by atoms with E-state index in [9.17, 15) is 5.11 Å². The Bertz CT molecular complexity index is 149. The standard InChI is InChI=1S/C8H16N2O/c1-10-5-8(6-10)4-7(11)2-3-9-8/h7,9,11H,2-6H2,1H3/t7-/m1/s1. The molecular formula is C8H16N2O. The minimum Gasteiger partial charge on any atom is -0.393 e. The van der Waals surface area contributed by atoms with Crippen molar-refractivity contribution in [3.05, 3.63) is 0 Å². The van der Waals surface area contributed by atoms with Gasteiger partial charge in [0.05, 0.1) is 6.10 Å². The van der Waals surface area contributed by atoms with Gasteiger partial charge in [-0.2, -0.15) is 0 Å². The van der Waals surface area contributed by atoms with Crippen molar-refractivity contribution in [3.63, 3.8) is 0 Å². The highest BCUT2D eigenvalue weighted by molar-refractivity contribution is 5.04. The summed E-state index contributed by atoms with van der Waals surface area (Å²) in [5, 5.41) is 12.9. The van der Waals surface area contributed by atoms with Gasteiger partial charge < -0.3 is 15.3 Å². The highest BCUT2D eigenvalue weighted by Gasteiger charge is 2.43. The van der Waals surface area contributed by atoms with Crippen LogP contribution >= 0.6 is 0 Å². The minimum atomic E-state index is -0.0649. The van der Waals surface area contributed by atoms with Crippen molar-refractivity contribution >= 4 is 0 Å². The number of piperidine rings is 1. The van der Waals surface area contributed by atoms with Crippen molar-refractivity contribution in [2.24, 2.45) is 0 Å². The second-order valence-corrected chi connectivity index (χ2v) is 4.03. The van der Waals surface area contributed by atoms with Gasteiger partial charge in [0.1, 0.15) is 0 Å². The summed E-state index contributed by atoms with van der Waals surface area (Å²) in [6, 6.07) is 0. The van der Waals surface area contributed by atoms with E-state index in [0.717, 1.165) is 32.5 Å². The zero-order chi connectivity index (χ0) is 7.90. The molecule has 2 fully saturated rings. The molecule has 0 aromatic carbocycles. The van der Waals surface area contributed by atoms with Crippen molar-refractivity contribution in [2.75, 3.05) is 26.7 Å². The first-order valence-electron chi connectivity index (χ1n) is 4.32. The molecule has 2 aliphatic heterocycles. The second kappa shape index (κ2) is 2.44. The molecule has 64 valence electrons. The van der Waals surface area contributed by atoms with Crippen molar-refractivity contribution in [1.29, 1.82) is 0 Å². The van der Waals surface area contributed by atoms with E-state index in [1.807, 2.05) is 0 Å². The normalized spacial score (nSPS) is 37.1. The maximum Gasteiger partial charge on any atom is 0.0570 e. The van der Waals surface area contributed by atoms with Crippen LogP contribution in [0.1, 0.15) is 12.8 Å². The number of likely N-dealkylation sites (tertiary alicyclic amines) is 1. The van der Waals surface area contributed by atoms with E-state index in [1.54, 1.807) is 0 Å². The number of nitrogens with zero attached hydrogens (tertiary/aromatic N) is 1. The Morgan fingerprint density at radius 3 is 2.82 bits per heavy atom. The third-order valence-corrected chi connectivity index (χ3v) is 2.75. The molecule has 1 atom stereocenters. The summed E-state index contributed by atoms with van der Waals surface area (Å²) < 4.78 is 0. The lowest BCUT2D eigenvalue weighted by atomic mass is 9.81. The summed E-state index contributed by atoms with van der Waals surface area (Å²) in [6.07, 6.45) is 1.80. The van der Waals surface area contributed by atoms with Crippen LogP contribution in [0.25, 0.3) is 0 Å². The fourth-order valence-corrected chi connectivity index (χ4v) is 2.36. The van der Waals surface area contributed by atoms with E-state index in [0.29, 0.717) is 0 Å². The van der Waals surface area contributed by atoms with Crippen molar-refractivity contribution < 1.29 is 5.11 Å². The molecule has 0 bridgehead atoms. The molecule has 2 aliphatic rings. The van der Waals surface area contributed by atoms with Crippen LogP contribution in [-0.2, 0) is 0 Å². The molecular weight excluding hydrogens is 140 g/mol. The van der Waals surface area contributed by atoms with Gasteiger partial charge in [-0.05, 0) is 26.4 Å². The first-order valence-corrected chi connectivity index (χ1v) is 4.32. The smallest absolute Gasteiger partial charge is 0.0570 e. The van der Waals surface area contributed by atoms with E-state index in [4.69, 9.17) is 0 Å². The molecule has 0 saturated carbocycles. The molecule has 2 rings (SSSR count). The number of aliphatic hydroxyl groups is 1. The molecule has 2 saturated heterocycles. The Balaban J connectivity index is 1.93. The van der Waals surface area contributed by atoms with E-state index in [-0.39, 0.29) is 11.6 Å². The Labute approximate surface area is 67.4 Å². The lowest BCUT2D eigenvalue weighted by Crippen LogP contribution is -2.70. The summed E-state index contributed by atoms with van der Waals surface area (Å²) in [5.41, 5.74) is 0.270. The highest BCUT2D eigenvalue weighted by Crippen LogP contribution is 2.28. The molecule has 0 radical (unpaired) electrons. The average molecular weight is 156 g/mol. The van der Waals surface area contributed by atoms with Gasteiger partial charge in [0.25, 0.3) is 0 Å². The number of hydrogen-bond donors (Lipinski definition) is 2. The predicted octanol–water partition coefficient (Wildman–Crippen LogP) is -0.585. The van der Waals surface area contributed by atoms with E-state index < -0.39 is 0 Å². The Morgan fingerprint density at radius 1 is 1.55 bits per heavy atom. The topological polar surface area (TPSA) is 35.5 Å². The largest absolute Gasteiger partial charge is 0.393 e. The average Bonchev–Trinajstić information content (AvgIpc) is 1.84. The quantitative estimate of drug-likeness (QED) is 0.492. The van der Waals surface area contributed by atoms with Gasteiger partial charge in [0.15, 0.2) is 0 Å². The fraction of sp³-hybridized carbons (Fsp3) is 1.00. The van der Waals surface area contributed by atoms with Crippen molar-refractivity contribution in [3.8, 4) is 0 Å². The van der Waals surface area contributed by atoms with Crippen LogP contribution < -0.4 is 5.32 Å². The van der Waals surface area contributed by atoms with Gasteiger partial charge in [-0.1, -0.05) is 0 Å². The summed E-state index contributed by atoms with van der Waals surface area (Å²) in [5.74, 6) is 0. The molecule has 0 aromatic heterocycles. The molecule has 0 amide bonds. The van der Waals surface area contributed by atoms with E-state index >= 15 is 0 Å². The molecule has 3 nitrogen and oxygen atoms in total. The maximum absolute atomic E-state index is 9.44. The third kappa shape index (κ3) is 1.28. The van der Waals surface area contributed by atoms with Crippen LogP contribution in [0, 0.1) is 0 Å². The molecule has 3 heteroatoms. The van der Waals surface area contributed by atoms with Gasteiger partial charge in [0, 0.05) is 18.6 Å². The zero-order valence-electron chi connectivity index (χ0n) is 7.01. The molecule has 11 heavy (non-hydrogen) atoms. The Kier molecular flexibility index (Phi) is 1.67. The van der Waals surface area contributed by atoms with Crippen LogP contribution in [0.3, 0.4) is 0 Å². The van der Waals surface area contributed by atoms with Gasteiger partial charge in [-0.3, -0.25) is 0 Å². The SMILES string of the molecule is CN1CC2(C[C@H](O)CCN2)C1. The molecule has 2 heterocycles. The van der Waals surface area contributed by atoms with Crippen LogP contribution in [0.4, 0.5) is 0 Å².